The van der Waals surface area contributed by atoms with Gasteiger partial charge in [0.25, 0.3) is 5.91 Å². The number of carbonyl (C=O) groups excluding carboxylic acids is 1. The van der Waals surface area contributed by atoms with Crippen molar-refractivity contribution in [2.45, 2.75) is 25.7 Å². The molecule has 1 amide bonds. The third-order valence-corrected chi connectivity index (χ3v) is 4.61. The fourth-order valence-electron chi connectivity index (χ4n) is 2.98. The van der Waals surface area contributed by atoms with Gasteiger partial charge < -0.3 is 24.8 Å². The minimum absolute atomic E-state index is 0.230. The van der Waals surface area contributed by atoms with Gasteiger partial charge in [-0.05, 0) is 19.8 Å². The van der Waals surface area contributed by atoms with Gasteiger partial charge >= 0.3 is 0 Å². The van der Waals surface area contributed by atoms with Crippen LogP contribution < -0.4 is 15.5 Å². The second-order valence-corrected chi connectivity index (χ2v) is 6.86. The Morgan fingerprint density at radius 3 is 2.81 bits per heavy atom. The summed E-state index contributed by atoms with van der Waals surface area (Å²) in [6.45, 7) is 5.98. The largest absolute Gasteiger partial charge is 0.378 e. The van der Waals surface area contributed by atoms with Crippen LogP contribution in [0, 0.1) is 6.92 Å². The van der Waals surface area contributed by atoms with Crippen molar-refractivity contribution in [1.82, 2.24) is 20.4 Å². The van der Waals surface area contributed by atoms with Crippen LogP contribution in [0.2, 0.25) is 0 Å². The Kier molecular flexibility index (Phi) is 5.19. The van der Waals surface area contributed by atoms with Crippen molar-refractivity contribution in [2.24, 2.45) is 0 Å². The topological polar surface area (TPSA) is 105 Å². The summed E-state index contributed by atoms with van der Waals surface area (Å²) in [6, 6.07) is 3.71. The number of rotatable bonds is 7. The molecule has 4 rings (SSSR count). The van der Waals surface area contributed by atoms with E-state index in [9.17, 15) is 4.79 Å². The number of aromatic nitrogens is 3. The summed E-state index contributed by atoms with van der Waals surface area (Å²) in [5.74, 6) is 2.48. The third kappa shape index (κ3) is 4.54. The van der Waals surface area contributed by atoms with E-state index >= 15 is 0 Å². The van der Waals surface area contributed by atoms with E-state index in [1.807, 2.05) is 13.0 Å². The van der Waals surface area contributed by atoms with E-state index in [1.165, 1.54) is 0 Å². The lowest BCUT2D eigenvalue weighted by Crippen LogP contribution is -2.37. The van der Waals surface area contributed by atoms with Crippen LogP contribution in [-0.2, 0) is 4.74 Å². The quantitative estimate of drug-likeness (QED) is 0.701. The van der Waals surface area contributed by atoms with Crippen LogP contribution in [0.15, 0.2) is 16.7 Å². The second kappa shape index (κ2) is 7.91. The van der Waals surface area contributed by atoms with Gasteiger partial charge in [0, 0.05) is 49.9 Å². The zero-order chi connectivity index (χ0) is 18.6. The predicted molar refractivity (Wildman–Crippen MR) is 99.1 cm³/mol. The molecule has 144 valence electrons. The molecule has 27 heavy (non-hydrogen) atoms. The summed E-state index contributed by atoms with van der Waals surface area (Å²) < 4.78 is 10.6. The van der Waals surface area contributed by atoms with Crippen molar-refractivity contribution < 1.29 is 14.1 Å². The fourth-order valence-corrected chi connectivity index (χ4v) is 2.98. The average molecular weight is 372 g/mol. The maximum atomic E-state index is 12.1. The molecule has 1 aliphatic heterocycles. The van der Waals surface area contributed by atoms with Crippen molar-refractivity contribution in [3.05, 3.63) is 29.3 Å². The van der Waals surface area contributed by atoms with Gasteiger partial charge in [-0.1, -0.05) is 5.16 Å². The molecule has 9 nitrogen and oxygen atoms in total. The highest BCUT2D eigenvalue weighted by Crippen LogP contribution is 2.40. The number of hydrogen-bond donors (Lipinski definition) is 2. The lowest BCUT2D eigenvalue weighted by molar-refractivity contribution is 0.0946. The number of anilines is 2. The minimum Gasteiger partial charge on any atom is -0.378 e. The normalized spacial score (nSPS) is 17.0. The standard InChI is InChI=1S/C18H24N6O3/c1-12-10-16(24-6-8-26-9-7-24)22-18(21-12)20-5-4-19-17(25)14-11-15(27-23-14)13-2-3-13/h10-11,13H,2-9H2,1H3,(H,19,25)(H,20,21,22). The highest BCUT2D eigenvalue weighted by Gasteiger charge is 2.28. The monoisotopic (exact) mass is 372 g/mol. The number of nitrogens with one attached hydrogen (secondary N) is 2. The Labute approximate surface area is 157 Å². The van der Waals surface area contributed by atoms with Gasteiger partial charge in [-0.2, -0.15) is 4.98 Å². The van der Waals surface area contributed by atoms with E-state index in [-0.39, 0.29) is 5.91 Å². The van der Waals surface area contributed by atoms with E-state index in [4.69, 9.17) is 9.26 Å². The Balaban J connectivity index is 1.26. The molecule has 0 bridgehead atoms. The number of morpholine rings is 1. The number of nitrogens with zero attached hydrogens (tertiary/aromatic N) is 4. The van der Waals surface area contributed by atoms with E-state index < -0.39 is 0 Å². The van der Waals surface area contributed by atoms with Crippen molar-refractivity contribution in [2.75, 3.05) is 49.6 Å². The Morgan fingerprint density at radius 1 is 1.22 bits per heavy atom. The Bertz CT molecular complexity index is 798. The van der Waals surface area contributed by atoms with Crippen molar-refractivity contribution in [3.8, 4) is 0 Å². The van der Waals surface area contributed by atoms with E-state index in [2.05, 4.69) is 30.7 Å². The van der Waals surface area contributed by atoms with E-state index in [1.54, 1.807) is 6.07 Å². The number of aryl methyl sites for hydroxylation is 1. The van der Waals surface area contributed by atoms with Gasteiger partial charge in [0.2, 0.25) is 5.95 Å². The first kappa shape index (κ1) is 17.7. The fraction of sp³-hybridized carbons (Fsp3) is 0.556. The molecule has 1 aliphatic carbocycles. The lowest BCUT2D eigenvalue weighted by Gasteiger charge is -2.28. The molecule has 2 aromatic rings. The van der Waals surface area contributed by atoms with Crippen molar-refractivity contribution >= 4 is 17.7 Å². The molecule has 2 fully saturated rings. The molecule has 9 heteroatoms. The molecule has 0 radical (unpaired) electrons. The maximum absolute atomic E-state index is 12.1. The summed E-state index contributed by atoms with van der Waals surface area (Å²) in [5, 5.41) is 9.84. The molecule has 2 aliphatic rings. The molecule has 3 heterocycles. The number of ether oxygens (including phenoxy) is 1. The van der Waals surface area contributed by atoms with Gasteiger partial charge in [0.05, 0.1) is 13.2 Å². The van der Waals surface area contributed by atoms with Gasteiger partial charge in [-0.15, -0.1) is 0 Å². The van der Waals surface area contributed by atoms with Crippen molar-refractivity contribution in [3.63, 3.8) is 0 Å². The van der Waals surface area contributed by atoms with Gasteiger partial charge in [0.1, 0.15) is 11.6 Å². The maximum Gasteiger partial charge on any atom is 0.273 e. The summed E-state index contributed by atoms with van der Waals surface area (Å²) in [4.78, 5) is 23.3. The smallest absolute Gasteiger partial charge is 0.273 e. The second-order valence-electron chi connectivity index (χ2n) is 6.86. The number of amides is 1. The van der Waals surface area contributed by atoms with Crippen LogP contribution in [0.25, 0.3) is 0 Å². The molecular weight excluding hydrogens is 348 g/mol. The highest BCUT2D eigenvalue weighted by atomic mass is 16.5. The highest BCUT2D eigenvalue weighted by molar-refractivity contribution is 5.92. The zero-order valence-electron chi connectivity index (χ0n) is 15.4. The SMILES string of the molecule is Cc1cc(N2CCOCC2)nc(NCCNC(=O)c2cc(C3CC3)on2)n1. The van der Waals surface area contributed by atoms with Gasteiger partial charge in [-0.3, -0.25) is 4.79 Å². The third-order valence-electron chi connectivity index (χ3n) is 4.61. The predicted octanol–water partition coefficient (Wildman–Crippen LogP) is 1.33. The van der Waals surface area contributed by atoms with Crippen LogP contribution in [0.5, 0.6) is 0 Å². The molecule has 0 unspecified atom stereocenters. The van der Waals surface area contributed by atoms with Crippen LogP contribution >= 0.6 is 0 Å². The average Bonchev–Trinajstić information content (AvgIpc) is 3.42. The molecule has 1 saturated heterocycles. The zero-order valence-corrected chi connectivity index (χ0v) is 15.4. The summed E-state index contributed by atoms with van der Waals surface area (Å²) in [7, 11) is 0. The lowest BCUT2D eigenvalue weighted by atomic mass is 10.3. The van der Waals surface area contributed by atoms with Crippen LogP contribution in [-0.4, -0.2) is 60.4 Å². The molecule has 1 saturated carbocycles. The van der Waals surface area contributed by atoms with Crippen LogP contribution in [0.4, 0.5) is 11.8 Å². The van der Waals surface area contributed by atoms with Gasteiger partial charge in [-0.25, -0.2) is 4.98 Å². The van der Waals surface area contributed by atoms with E-state index in [0.29, 0.717) is 43.9 Å². The minimum atomic E-state index is -0.230. The van der Waals surface area contributed by atoms with E-state index in [0.717, 1.165) is 43.2 Å². The first-order valence-electron chi connectivity index (χ1n) is 9.36. The molecule has 0 atom stereocenters. The molecule has 2 aromatic heterocycles. The van der Waals surface area contributed by atoms with Crippen LogP contribution in [0.3, 0.4) is 0 Å². The Morgan fingerprint density at radius 2 is 2.04 bits per heavy atom. The number of carbonyl (C=O) groups is 1. The summed E-state index contributed by atoms with van der Waals surface area (Å²) in [6.07, 6.45) is 2.23. The number of hydrogen-bond acceptors (Lipinski definition) is 8. The molecule has 0 aromatic carbocycles. The molecule has 0 spiro atoms. The summed E-state index contributed by atoms with van der Waals surface area (Å²) >= 11 is 0. The first-order valence-corrected chi connectivity index (χ1v) is 9.36. The first-order chi connectivity index (χ1) is 13.2. The molecule has 2 N–H and O–H groups in total. The Hall–Kier alpha value is -2.68. The van der Waals surface area contributed by atoms with Gasteiger partial charge in [0.15, 0.2) is 5.69 Å². The van der Waals surface area contributed by atoms with Crippen molar-refractivity contribution in [1.29, 1.82) is 0 Å². The van der Waals surface area contributed by atoms with Crippen LogP contribution in [0.1, 0.15) is 40.7 Å². The summed E-state index contributed by atoms with van der Waals surface area (Å²) in [5.41, 5.74) is 1.23. The molecular formula is C18H24N6O3.